The first-order valence-corrected chi connectivity index (χ1v) is 14.5. The Bertz CT molecular complexity index is 1730. The number of rotatable bonds is 8. The van der Waals surface area contributed by atoms with Crippen molar-refractivity contribution in [2.45, 2.75) is 5.75 Å². The van der Waals surface area contributed by atoms with Gasteiger partial charge < -0.3 is 14.8 Å². The summed E-state index contributed by atoms with van der Waals surface area (Å²) in [7, 11) is 0.587. The van der Waals surface area contributed by atoms with Crippen molar-refractivity contribution < 1.29 is 13.2 Å². The molecule has 0 saturated heterocycles. The molecule has 2 N–H and O–H groups in total. The van der Waals surface area contributed by atoms with Crippen LogP contribution in [0.4, 0.5) is 29.1 Å². The van der Waals surface area contributed by atoms with E-state index in [2.05, 4.69) is 20.6 Å². The van der Waals surface area contributed by atoms with Gasteiger partial charge in [-0.15, -0.1) is 11.3 Å². The SMILES string of the molecule is CN(c1ccnc(Nc2cccc(CS(C)(=O)=O)c2)n1)c1cccc2c1nc(NC(=O)c1cccs1)n2C. The first-order chi connectivity index (χ1) is 18.2. The van der Waals surface area contributed by atoms with Gasteiger partial charge in [0, 0.05) is 32.2 Å². The van der Waals surface area contributed by atoms with Gasteiger partial charge in [0.2, 0.25) is 11.9 Å². The lowest BCUT2D eigenvalue weighted by atomic mass is 10.2. The maximum absolute atomic E-state index is 12.6. The van der Waals surface area contributed by atoms with E-state index in [9.17, 15) is 13.2 Å². The normalized spacial score (nSPS) is 11.4. The van der Waals surface area contributed by atoms with Crippen LogP contribution in [-0.4, -0.2) is 47.1 Å². The molecule has 0 aliphatic rings. The summed E-state index contributed by atoms with van der Waals surface area (Å²) in [6.45, 7) is 0. The number of thiophene rings is 1. The zero-order valence-corrected chi connectivity index (χ0v) is 22.5. The van der Waals surface area contributed by atoms with Gasteiger partial charge in [-0.05, 0) is 47.3 Å². The van der Waals surface area contributed by atoms with E-state index in [-0.39, 0.29) is 11.7 Å². The lowest BCUT2D eigenvalue weighted by molar-refractivity contribution is 0.102. The summed E-state index contributed by atoms with van der Waals surface area (Å²) in [5, 5.41) is 7.90. The third-order valence-electron chi connectivity index (χ3n) is 5.82. The molecular weight excluding hydrogens is 522 g/mol. The molecule has 0 aliphatic heterocycles. The summed E-state index contributed by atoms with van der Waals surface area (Å²) in [5.41, 5.74) is 3.72. The van der Waals surface area contributed by atoms with E-state index in [0.717, 1.165) is 11.2 Å². The number of nitrogens with zero attached hydrogens (tertiary/aromatic N) is 5. The third-order valence-corrected chi connectivity index (χ3v) is 7.54. The van der Waals surface area contributed by atoms with Gasteiger partial charge in [-0.25, -0.2) is 18.4 Å². The average molecular weight is 548 g/mol. The molecule has 2 aromatic carbocycles. The second-order valence-electron chi connectivity index (χ2n) is 8.76. The number of carbonyl (C=O) groups excluding carboxylic acids is 1. The number of nitrogens with one attached hydrogen (secondary N) is 2. The van der Waals surface area contributed by atoms with Crippen molar-refractivity contribution in [1.29, 1.82) is 0 Å². The van der Waals surface area contributed by atoms with Crippen molar-refractivity contribution in [3.8, 4) is 0 Å². The van der Waals surface area contributed by atoms with Crippen LogP contribution in [0.3, 0.4) is 0 Å². The van der Waals surface area contributed by atoms with E-state index in [0.29, 0.717) is 39.4 Å². The predicted octanol–water partition coefficient (Wildman–Crippen LogP) is 4.73. The molecule has 0 saturated carbocycles. The summed E-state index contributed by atoms with van der Waals surface area (Å²) >= 11 is 1.37. The summed E-state index contributed by atoms with van der Waals surface area (Å²) in [6.07, 6.45) is 2.85. The van der Waals surface area contributed by atoms with Crippen LogP contribution in [0.5, 0.6) is 0 Å². The molecule has 10 nitrogen and oxygen atoms in total. The maximum atomic E-state index is 12.6. The van der Waals surface area contributed by atoms with Gasteiger partial charge in [0.1, 0.15) is 11.3 Å². The van der Waals surface area contributed by atoms with Crippen LogP contribution in [-0.2, 0) is 22.6 Å². The van der Waals surface area contributed by atoms with Crippen molar-refractivity contribution >= 4 is 67.2 Å². The summed E-state index contributed by atoms with van der Waals surface area (Å²) < 4.78 is 25.2. The van der Waals surface area contributed by atoms with E-state index in [1.807, 2.05) is 59.3 Å². The Morgan fingerprint density at radius 3 is 2.66 bits per heavy atom. The minimum absolute atomic E-state index is 0.0456. The van der Waals surface area contributed by atoms with Gasteiger partial charge >= 0.3 is 0 Å². The van der Waals surface area contributed by atoms with Crippen LogP contribution in [0.1, 0.15) is 15.2 Å². The smallest absolute Gasteiger partial charge is 0.268 e. The molecule has 38 heavy (non-hydrogen) atoms. The third kappa shape index (κ3) is 5.50. The Labute approximate surface area is 223 Å². The number of para-hydroxylation sites is 1. The highest BCUT2D eigenvalue weighted by Gasteiger charge is 2.18. The molecule has 3 heterocycles. The van der Waals surface area contributed by atoms with Crippen molar-refractivity contribution in [2.24, 2.45) is 7.05 Å². The molecule has 0 fully saturated rings. The molecular formula is C26H25N7O3S2. The van der Waals surface area contributed by atoms with Crippen LogP contribution in [0.2, 0.25) is 0 Å². The highest BCUT2D eigenvalue weighted by molar-refractivity contribution is 7.89. The number of fused-ring (bicyclic) bond motifs is 1. The number of imidazole rings is 1. The first-order valence-electron chi connectivity index (χ1n) is 11.6. The fraction of sp³-hybridized carbons (Fsp3) is 0.154. The quantitative estimate of drug-likeness (QED) is 0.286. The Morgan fingerprint density at radius 1 is 1.08 bits per heavy atom. The molecule has 3 aromatic heterocycles. The standard InChI is InChI=1S/C26H25N7O3S2/c1-32(22-12-13-27-25(29-22)28-18-8-4-7-17(15-18)16-38(3,35)36)19-9-5-10-20-23(19)30-26(33(20)2)31-24(34)21-11-6-14-37-21/h4-15H,16H2,1-3H3,(H,27,28,29)(H,30,31,34). The molecule has 5 aromatic rings. The number of aryl methyl sites for hydroxylation is 1. The van der Waals surface area contributed by atoms with Crippen molar-refractivity contribution in [2.75, 3.05) is 28.8 Å². The minimum Gasteiger partial charge on any atom is -0.327 e. The maximum Gasteiger partial charge on any atom is 0.268 e. The molecule has 194 valence electrons. The fourth-order valence-electron chi connectivity index (χ4n) is 4.04. The van der Waals surface area contributed by atoms with E-state index in [1.54, 1.807) is 36.5 Å². The number of sulfone groups is 1. The molecule has 0 bridgehead atoms. The zero-order valence-electron chi connectivity index (χ0n) is 20.9. The molecule has 12 heteroatoms. The molecule has 0 radical (unpaired) electrons. The molecule has 0 unspecified atom stereocenters. The monoisotopic (exact) mass is 547 g/mol. The second-order valence-corrected chi connectivity index (χ2v) is 11.9. The van der Waals surface area contributed by atoms with Crippen LogP contribution < -0.4 is 15.5 Å². The molecule has 0 atom stereocenters. The van der Waals surface area contributed by atoms with Gasteiger partial charge in [-0.3, -0.25) is 10.1 Å². The van der Waals surface area contributed by atoms with Crippen molar-refractivity contribution in [1.82, 2.24) is 19.5 Å². The molecule has 0 aliphatic carbocycles. The number of carbonyl (C=O) groups is 1. The highest BCUT2D eigenvalue weighted by Crippen LogP contribution is 2.32. The van der Waals surface area contributed by atoms with Gasteiger partial charge in [-0.1, -0.05) is 24.3 Å². The molecule has 1 amide bonds. The van der Waals surface area contributed by atoms with Crippen LogP contribution in [0, 0.1) is 0 Å². The lowest BCUT2D eigenvalue weighted by Gasteiger charge is -2.19. The van der Waals surface area contributed by atoms with E-state index in [4.69, 9.17) is 4.98 Å². The second kappa shape index (κ2) is 10.2. The lowest BCUT2D eigenvalue weighted by Crippen LogP contribution is -2.13. The summed E-state index contributed by atoms with van der Waals surface area (Å²) in [6, 6.07) is 18.3. The Morgan fingerprint density at radius 2 is 1.89 bits per heavy atom. The number of benzene rings is 2. The summed E-state index contributed by atoms with van der Waals surface area (Å²) in [4.78, 5) is 28.8. The zero-order chi connectivity index (χ0) is 26.9. The minimum atomic E-state index is -3.15. The molecule has 5 rings (SSSR count). The largest absolute Gasteiger partial charge is 0.327 e. The van der Waals surface area contributed by atoms with Crippen LogP contribution in [0.15, 0.2) is 72.2 Å². The Kier molecular flexibility index (Phi) is 6.83. The van der Waals surface area contributed by atoms with E-state index < -0.39 is 9.84 Å². The highest BCUT2D eigenvalue weighted by atomic mass is 32.2. The van der Waals surface area contributed by atoms with Gasteiger partial charge in [0.05, 0.1) is 21.8 Å². The van der Waals surface area contributed by atoms with E-state index in [1.165, 1.54) is 17.6 Å². The predicted molar refractivity (Wildman–Crippen MR) is 151 cm³/mol. The number of amides is 1. The average Bonchev–Trinajstić information content (AvgIpc) is 3.52. The Hall–Kier alpha value is -4.29. The fourth-order valence-corrected chi connectivity index (χ4v) is 5.45. The summed E-state index contributed by atoms with van der Waals surface area (Å²) in [5.74, 6) is 1.18. The number of hydrogen-bond donors (Lipinski definition) is 2. The number of hydrogen-bond acceptors (Lipinski definition) is 9. The van der Waals surface area contributed by atoms with Crippen molar-refractivity contribution in [3.63, 3.8) is 0 Å². The molecule has 0 spiro atoms. The number of aromatic nitrogens is 4. The first kappa shape index (κ1) is 25.4. The van der Waals surface area contributed by atoms with Crippen LogP contribution >= 0.6 is 11.3 Å². The number of anilines is 5. The van der Waals surface area contributed by atoms with Gasteiger partial charge in [0.25, 0.3) is 5.91 Å². The van der Waals surface area contributed by atoms with Gasteiger partial charge in [-0.2, -0.15) is 4.98 Å². The van der Waals surface area contributed by atoms with E-state index >= 15 is 0 Å². The van der Waals surface area contributed by atoms with Crippen LogP contribution in [0.25, 0.3) is 11.0 Å². The Balaban J connectivity index is 1.41. The van der Waals surface area contributed by atoms with Crippen molar-refractivity contribution in [3.05, 3.63) is 82.7 Å². The topological polar surface area (TPSA) is 122 Å². The van der Waals surface area contributed by atoms with Gasteiger partial charge in [0.15, 0.2) is 9.84 Å².